The highest BCUT2D eigenvalue weighted by molar-refractivity contribution is 5.98. The van der Waals surface area contributed by atoms with Gasteiger partial charge in [0.2, 0.25) is 10.5 Å². The molecule has 0 aliphatic heterocycles. The van der Waals surface area contributed by atoms with Gasteiger partial charge >= 0.3 is 0 Å². The van der Waals surface area contributed by atoms with E-state index in [-0.39, 0.29) is 16.5 Å². The number of nitrogens with zero attached hydrogens (tertiary/aromatic N) is 1. The minimum atomic E-state index is -0.553. The lowest BCUT2D eigenvalue weighted by atomic mass is 9.83. The predicted octanol–water partition coefficient (Wildman–Crippen LogP) is 4.57. The first-order chi connectivity index (χ1) is 12.2. The van der Waals surface area contributed by atoms with E-state index in [1.165, 1.54) is 6.07 Å². The molecule has 0 N–H and O–H groups in total. The van der Waals surface area contributed by atoms with Crippen molar-refractivity contribution in [1.82, 2.24) is 0 Å². The average Bonchev–Trinajstić information content (AvgIpc) is 2.67. The quantitative estimate of drug-likeness (QED) is 0.373. The Balaban J connectivity index is 2.16. The van der Waals surface area contributed by atoms with Crippen LogP contribution in [0, 0.1) is 10.1 Å². The van der Waals surface area contributed by atoms with E-state index >= 15 is 0 Å². The minimum absolute atomic E-state index is 0.0441. The summed E-state index contributed by atoms with van der Waals surface area (Å²) in [6, 6.07) is 26.4. The van der Waals surface area contributed by atoms with Gasteiger partial charge in [0.1, 0.15) is 0 Å². The highest BCUT2D eigenvalue weighted by atomic mass is 28.2. The van der Waals surface area contributed by atoms with Crippen LogP contribution in [0.25, 0.3) is 0 Å². The number of hydrogen-bond donors (Lipinski definition) is 0. The fourth-order valence-corrected chi connectivity index (χ4v) is 3.33. The normalized spacial score (nSPS) is 12.1. The second-order valence-corrected chi connectivity index (χ2v) is 5.89. The Kier molecular flexibility index (Phi) is 5.38. The van der Waals surface area contributed by atoms with Gasteiger partial charge in [0.05, 0.1) is 16.6 Å². The molecule has 0 heterocycles. The molecule has 0 aliphatic rings. The van der Waals surface area contributed by atoms with Crippen molar-refractivity contribution in [3.8, 4) is 0 Å². The summed E-state index contributed by atoms with van der Waals surface area (Å²) >= 11 is 0. The maximum absolute atomic E-state index is 11.5. The third kappa shape index (κ3) is 3.68. The number of rotatable bonds is 6. The van der Waals surface area contributed by atoms with Crippen LogP contribution in [0.4, 0.5) is 5.69 Å². The zero-order valence-electron chi connectivity index (χ0n) is 13.4. The molecule has 25 heavy (non-hydrogen) atoms. The van der Waals surface area contributed by atoms with Gasteiger partial charge in [-0.1, -0.05) is 72.8 Å². The van der Waals surface area contributed by atoms with Crippen molar-refractivity contribution in [2.45, 2.75) is 12.0 Å². The van der Waals surface area contributed by atoms with Crippen LogP contribution < -0.4 is 0 Å². The molecule has 3 aromatic carbocycles. The Labute approximate surface area is 149 Å². The summed E-state index contributed by atoms with van der Waals surface area (Å²) < 4.78 is 5.60. The number of para-hydroxylation sites is 1. The molecular formula is C20H16NO3Si. The van der Waals surface area contributed by atoms with Crippen molar-refractivity contribution in [3.05, 3.63) is 112 Å². The van der Waals surface area contributed by atoms with E-state index < -0.39 is 6.10 Å². The van der Waals surface area contributed by atoms with Crippen LogP contribution in [0.3, 0.4) is 0 Å². The zero-order valence-corrected chi connectivity index (χ0v) is 14.4. The molecule has 0 spiro atoms. The Morgan fingerprint density at radius 2 is 1.28 bits per heavy atom. The fourth-order valence-electron chi connectivity index (χ4n) is 3.07. The fraction of sp³-hybridized carbons (Fsp3) is 0.100. The third-order valence-corrected chi connectivity index (χ3v) is 4.44. The Morgan fingerprint density at radius 1 is 0.800 bits per heavy atom. The third-order valence-electron chi connectivity index (χ3n) is 4.19. The first-order valence-electron chi connectivity index (χ1n) is 7.88. The molecule has 0 saturated heterocycles. The van der Waals surface area contributed by atoms with Crippen LogP contribution in [0.15, 0.2) is 84.9 Å². The summed E-state index contributed by atoms with van der Waals surface area (Å²) in [5.41, 5.74) is 2.62. The van der Waals surface area contributed by atoms with Gasteiger partial charge in [-0.05, 0) is 17.2 Å². The lowest BCUT2D eigenvalue weighted by Gasteiger charge is -2.27. The van der Waals surface area contributed by atoms with Crippen LogP contribution >= 0.6 is 0 Å². The molecule has 0 amide bonds. The van der Waals surface area contributed by atoms with Gasteiger partial charge in [-0.15, -0.1) is 0 Å². The smallest absolute Gasteiger partial charge is 0.275 e. The summed E-state index contributed by atoms with van der Waals surface area (Å²) in [7, 11) is 3.16. The molecule has 0 fully saturated rings. The summed E-state index contributed by atoms with van der Waals surface area (Å²) in [4.78, 5) is 11.1. The minimum Gasteiger partial charge on any atom is -0.411 e. The maximum Gasteiger partial charge on any atom is 0.275 e. The van der Waals surface area contributed by atoms with Crippen molar-refractivity contribution < 1.29 is 9.35 Å². The lowest BCUT2D eigenvalue weighted by Crippen LogP contribution is -2.16. The van der Waals surface area contributed by atoms with Crippen molar-refractivity contribution in [3.63, 3.8) is 0 Å². The summed E-state index contributed by atoms with van der Waals surface area (Å²) in [5, 5.41) is 11.5. The molecule has 3 radical (unpaired) electrons. The van der Waals surface area contributed by atoms with E-state index in [4.69, 9.17) is 4.43 Å². The van der Waals surface area contributed by atoms with Crippen molar-refractivity contribution in [2.75, 3.05) is 0 Å². The first-order valence-corrected chi connectivity index (χ1v) is 8.28. The zero-order chi connectivity index (χ0) is 17.6. The standard InChI is InChI=1S/C20H16NO3Si/c22-21(23)18-14-8-7-13-17(18)20(24-25)19(15-9-3-1-4-10-15)16-11-5-2-6-12-16/h1-14,19-20H. The summed E-state index contributed by atoms with van der Waals surface area (Å²) in [5.74, 6) is -0.194. The van der Waals surface area contributed by atoms with Crippen LogP contribution in [-0.4, -0.2) is 15.4 Å². The largest absolute Gasteiger partial charge is 0.411 e. The van der Waals surface area contributed by atoms with E-state index in [1.54, 1.807) is 18.2 Å². The number of nitro groups is 1. The number of benzene rings is 3. The number of hydrogen-bond acceptors (Lipinski definition) is 3. The molecule has 0 aliphatic carbocycles. The topological polar surface area (TPSA) is 52.4 Å². The van der Waals surface area contributed by atoms with Crippen LogP contribution in [0.2, 0.25) is 0 Å². The first kappa shape index (κ1) is 17.1. The Hall–Kier alpha value is -2.76. The molecule has 3 rings (SSSR count). The van der Waals surface area contributed by atoms with Crippen LogP contribution in [0.5, 0.6) is 0 Å². The lowest BCUT2D eigenvalue weighted by molar-refractivity contribution is -0.386. The molecule has 123 valence electrons. The molecule has 5 heteroatoms. The molecular weight excluding hydrogens is 330 g/mol. The highest BCUT2D eigenvalue weighted by Crippen LogP contribution is 2.41. The number of nitro benzene ring substituents is 1. The van der Waals surface area contributed by atoms with E-state index in [9.17, 15) is 10.1 Å². The van der Waals surface area contributed by atoms with Gasteiger partial charge in [-0.2, -0.15) is 0 Å². The molecule has 3 aromatic rings. The van der Waals surface area contributed by atoms with Gasteiger partial charge in [-0.3, -0.25) is 10.1 Å². The molecule has 1 unspecified atom stereocenters. The van der Waals surface area contributed by atoms with Crippen LogP contribution in [-0.2, 0) is 4.43 Å². The van der Waals surface area contributed by atoms with Crippen LogP contribution in [0.1, 0.15) is 28.7 Å². The molecule has 4 nitrogen and oxygen atoms in total. The van der Waals surface area contributed by atoms with Crippen molar-refractivity contribution in [1.29, 1.82) is 0 Å². The van der Waals surface area contributed by atoms with Gasteiger partial charge in [0.25, 0.3) is 5.69 Å². The van der Waals surface area contributed by atoms with E-state index in [0.717, 1.165) is 11.1 Å². The van der Waals surface area contributed by atoms with Gasteiger partial charge < -0.3 is 4.43 Å². The SMILES string of the molecule is O=[N+]([O-])c1ccccc1C(O[Si])C(c1ccccc1)c1ccccc1. The molecule has 0 aromatic heterocycles. The predicted molar refractivity (Wildman–Crippen MR) is 97.4 cm³/mol. The van der Waals surface area contributed by atoms with E-state index in [0.29, 0.717) is 5.56 Å². The summed E-state index contributed by atoms with van der Waals surface area (Å²) in [6.45, 7) is 0. The van der Waals surface area contributed by atoms with Gasteiger partial charge in [0.15, 0.2) is 0 Å². The monoisotopic (exact) mass is 346 g/mol. The van der Waals surface area contributed by atoms with Crippen molar-refractivity contribution in [2.24, 2.45) is 0 Å². The van der Waals surface area contributed by atoms with Crippen molar-refractivity contribution >= 4 is 16.2 Å². The van der Waals surface area contributed by atoms with Gasteiger partial charge in [0, 0.05) is 12.0 Å². The molecule has 0 saturated carbocycles. The Bertz CT molecular complexity index is 800. The van der Waals surface area contributed by atoms with E-state index in [2.05, 4.69) is 10.5 Å². The second-order valence-electron chi connectivity index (χ2n) is 5.65. The average molecular weight is 346 g/mol. The highest BCUT2D eigenvalue weighted by Gasteiger charge is 2.31. The second kappa shape index (κ2) is 7.87. The molecule has 1 atom stereocenters. The van der Waals surface area contributed by atoms with Gasteiger partial charge in [-0.25, -0.2) is 0 Å². The van der Waals surface area contributed by atoms with E-state index in [1.807, 2.05) is 60.7 Å². The maximum atomic E-state index is 11.5. The Morgan fingerprint density at radius 3 is 1.76 bits per heavy atom. The molecule has 0 bridgehead atoms. The summed E-state index contributed by atoms with van der Waals surface area (Å²) in [6.07, 6.45) is -0.553.